The third kappa shape index (κ3) is 2.28. The Balaban J connectivity index is 2.08. The van der Waals surface area contributed by atoms with Crippen molar-refractivity contribution in [2.45, 2.75) is 38.8 Å². The molecule has 2 nitrogen and oxygen atoms in total. The van der Waals surface area contributed by atoms with Crippen LogP contribution in [0.2, 0.25) is 0 Å². The molecule has 18 heavy (non-hydrogen) atoms. The van der Waals surface area contributed by atoms with Gasteiger partial charge in [-0.2, -0.15) is 0 Å². The van der Waals surface area contributed by atoms with Gasteiger partial charge in [-0.3, -0.25) is 0 Å². The molecular weight excluding hydrogens is 297 g/mol. The predicted molar refractivity (Wildman–Crippen MR) is 74.4 cm³/mol. The van der Waals surface area contributed by atoms with Gasteiger partial charge >= 0.3 is 0 Å². The van der Waals surface area contributed by atoms with Crippen molar-refractivity contribution in [1.29, 1.82) is 0 Å². The Morgan fingerprint density at radius 2 is 2.28 bits per heavy atom. The number of rotatable bonds is 4. The molecule has 1 aliphatic rings. The molecule has 4 heteroatoms. The largest absolute Gasteiger partial charge is 0.490 e. The summed E-state index contributed by atoms with van der Waals surface area (Å²) < 4.78 is 19.6. The van der Waals surface area contributed by atoms with E-state index in [2.05, 4.69) is 35.1 Å². The van der Waals surface area contributed by atoms with Crippen molar-refractivity contribution in [2.75, 3.05) is 7.05 Å². The van der Waals surface area contributed by atoms with E-state index in [4.69, 9.17) is 4.74 Å². The van der Waals surface area contributed by atoms with Gasteiger partial charge in [0.05, 0.1) is 4.47 Å². The normalized spacial score (nSPS) is 30.9. The van der Waals surface area contributed by atoms with Gasteiger partial charge in [0.15, 0.2) is 0 Å². The van der Waals surface area contributed by atoms with Crippen LogP contribution < -0.4 is 10.1 Å². The summed E-state index contributed by atoms with van der Waals surface area (Å²) in [5.74, 6) is 0.463. The number of halogens is 2. The Bertz CT molecular complexity index is 440. The monoisotopic (exact) mass is 315 g/mol. The van der Waals surface area contributed by atoms with Crippen molar-refractivity contribution in [3.63, 3.8) is 0 Å². The third-order valence-electron chi connectivity index (χ3n) is 4.26. The summed E-state index contributed by atoms with van der Waals surface area (Å²) in [7, 11) is 1.99. The molecule has 1 saturated carbocycles. The Kier molecular flexibility index (Phi) is 3.97. The van der Waals surface area contributed by atoms with Crippen molar-refractivity contribution < 1.29 is 9.13 Å². The van der Waals surface area contributed by atoms with Crippen molar-refractivity contribution in [3.05, 3.63) is 28.5 Å². The number of ether oxygens (including phenoxy) is 1. The Morgan fingerprint density at radius 1 is 1.56 bits per heavy atom. The highest BCUT2D eigenvalue weighted by Crippen LogP contribution is 2.46. The lowest BCUT2D eigenvalue weighted by Crippen LogP contribution is -2.62. The van der Waals surface area contributed by atoms with Gasteiger partial charge in [-0.1, -0.05) is 13.8 Å². The van der Waals surface area contributed by atoms with Gasteiger partial charge in [0.25, 0.3) is 0 Å². The van der Waals surface area contributed by atoms with Gasteiger partial charge in [0.2, 0.25) is 0 Å². The second kappa shape index (κ2) is 5.17. The van der Waals surface area contributed by atoms with Gasteiger partial charge in [0, 0.05) is 17.9 Å². The van der Waals surface area contributed by atoms with Crippen LogP contribution in [0.1, 0.15) is 26.7 Å². The quantitative estimate of drug-likeness (QED) is 0.913. The summed E-state index contributed by atoms with van der Waals surface area (Å²) in [5, 5.41) is 3.33. The molecule has 0 amide bonds. The Labute approximate surface area is 116 Å². The van der Waals surface area contributed by atoms with Crippen LogP contribution in [0, 0.1) is 11.2 Å². The lowest BCUT2D eigenvalue weighted by molar-refractivity contribution is -0.0677. The summed E-state index contributed by atoms with van der Waals surface area (Å²) in [5.41, 5.74) is 0.148. The van der Waals surface area contributed by atoms with Crippen LogP contribution in [-0.2, 0) is 0 Å². The lowest BCUT2D eigenvalue weighted by atomic mass is 9.61. The molecule has 1 N–H and O–H groups in total. The van der Waals surface area contributed by atoms with Gasteiger partial charge < -0.3 is 10.1 Å². The summed E-state index contributed by atoms with van der Waals surface area (Å²) in [4.78, 5) is 0. The molecule has 1 fully saturated rings. The summed E-state index contributed by atoms with van der Waals surface area (Å²) in [6.45, 7) is 4.42. The summed E-state index contributed by atoms with van der Waals surface area (Å²) >= 11 is 3.18. The molecule has 1 aromatic rings. The fourth-order valence-corrected chi connectivity index (χ4v) is 2.99. The fourth-order valence-electron chi connectivity index (χ4n) is 2.64. The first-order valence-corrected chi connectivity index (χ1v) is 7.09. The first-order chi connectivity index (χ1) is 8.51. The molecule has 0 saturated heterocycles. The summed E-state index contributed by atoms with van der Waals surface area (Å²) in [6.07, 6.45) is 2.25. The van der Waals surface area contributed by atoms with Crippen LogP contribution in [0.25, 0.3) is 0 Å². The fraction of sp³-hybridized carbons (Fsp3) is 0.571. The Morgan fingerprint density at radius 3 is 2.83 bits per heavy atom. The number of nitrogens with one attached hydrogen (secondary N) is 1. The van der Waals surface area contributed by atoms with Crippen molar-refractivity contribution in [2.24, 2.45) is 5.41 Å². The first kappa shape index (κ1) is 13.8. The number of hydrogen-bond acceptors (Lipinski definition) is 2. The maximum Gasteiger partial charge on any atom is 0.137 e. The third-order valence-corrected chi connectivity index (χ3v) is 4.87. The van der Waals surface area contributed by atoms with Crippen LogP contribution in [0.15, 0.2) is 22.7 Å². The highest BCUT2D eigenvalue weighted by atomic mass is 79.9. The van der Waals surface area contributed by atoms with E-state index in [0.717, 1.165) is 18.6 Å². The zero-order chi connectivity index (χ0) is 13.3. The maximum absolute atomic E-state index is 13.2. The van der Waals surface area contributed by atoms with E-state index in [-0.39, 0.29) is 17.3 Å². The van der Waals surface area contributed by atoms with E-state index >= 15 is 0 Å². The summed E-state index contributed by atoms with van der Waals surface area (Å²) in [6, 6.07) is 5.30. The SMILES string of the molecule is CCC1(C)C(NC)CC1Oc1ccc(F)c(Br)c1. The van der Waals surface area contributed by atoms with Crippen molar-refractivity contribution >= 4 is 15.9 Å². The smallest absolute Gasteiger partial charge is 0.137 e. The van der Waals surface area contributed by atoms with Gasteiger partial charge in [-0.25, -0.2) is 4.39 Å². The van der Waals surface area contributed by atoms with Crippen LogP contribution in [-0.4, -0.2) is 19.2 Å². The topological polar surface area (TPSA) is 21.3 Å². The predicted octanol–water partition coefficient (Wildman–Crippen LogP) is 3.74. The molecule has 0 radical (unpaired) electrons. The molecule has 100 valence electrons. The van der Waals surface area contributed by atoms with Gasteiger partial charge in [0.1, 0.15) is 17.7 Å². The minimum absolute atomic E-state index is 0.148. The highest BCUT2D eigenvalue weighted by molar-refractivity contribution is 9.10. The lowest BCUT2D eigenvalue weighted by Gasteiger charge is -2.53. The van der Waals surface area contributed by atoms with E-state index in [1.165, 1.54) is 6.07 Å². The van der Waals surface area contributed by atoms with E-state index in [0.29, 0.717) is 10.5 Å². The van der Waals surface area contributed by atoms with Crippen molar-refractivity contribution in [1.82, 2.24) is 5.32 Å². The molecule has 0 heterocycles. The molecule has 0 aliphatic heterocycles. The van der Waals surface area contributed by atoms with Gasteiger partial charge in [-0.05, 0) is 47.6 Å². The van der Waals surface area contributed by atoms with E-state index in [1.807, 2.05) is 7.05 Å². The van der Waals surface area contributed by atoms with Crippen LogP contribution in [0.5, 0.6) is 5.75 Å². The first-order valence-electron chi connectivity index (χ1n) is 6.30. The minimum Gasteiger partial charge on any atom is -0.490 e. The van der Waals surface area contributed by atoms with E-state index in [1.54, 1.807) is 12.1 Å². The van der Waals surface area contributed by atoms with E-state index < -0.39 is 0 Å². The zero-order valence-electron chi connectivity index (χ0n) is 11.0. The average Bonchev–Trinajstić information content (AvgIpc) is 2.37. The Hall–Kier alpha value is -0.610. The number of hydrogen-bond donors (Lipinski definition) is 1. The molecule has 0 aromatic heterocycles. The minimum atomic E-state index is -0.262. The second-order valence-corrected chi connectivity index (χ2v) is 5.97. The van der Waals surface area contributed by atoms with Crippen LogP contribution in [0.3, 0.4) is 0 Å². The van der Waals surface area contributed by atoms with Gasteiger partial charge in [-0.15, -0.1) is 0 Å². The molecule has 1 aromatic carbocycles. The standard InChI is InChI=1S/C14H19BrFNO/c1-4-14(2)12(17-3)8-13(14)18-9-5-6-11(16)10(15)7-9/h5-7,12-13,17H,4,8H2,1-3H3. The van der Waals surface area contributed by atoms with E-state index in [9.17, 15) is 4.39 Å². The molecule has 0 bridgehead atoms. The number of benzene rings is 1. The molecule has 1 aliphatic carbocycles. The highest BCUT2D eigenvalue weighted by Gasteiger charge is 2.51. The zero-order valence-corrected chi connectivity index (χ0v) is 12.6. The molecule has 3 atom stereocenters. The molecule has 2 rings (SSSR count). The molecule has 3 unspecified atom stereocenters. The molecule has 0 spiro atoms. The van der Waals surface area contributed by atoms with Crippen molar-refractivity contribution in [3.8, 4) is 5.75 Å². The van der Waals surface area contributed by atoms with Crippen LogP contribution >= 0.6 is 15.9 Å². The molecular formula is C14H19BrFNO. The maximum atomic E-state index is 13.2. The van der Waals surface area contributed by atoms with Crippen LogP contribution in [0.4, 0.5) is 4.39 Å². The second-order valence-electron chi connectivity index (χ2n) is 5.12. The average molecular weight is 316 g/mol.